The number of aliphatic hydroxyl groups is 1. The molecular formula is C9H13O+. The third-order valence-electron chi connectivity index (χ3n) is 1.74. The van der Waals surface area contributed by atoms with Crippen LogP contribution in [0.4, 0.5) is 0 Å². The minimum Gasteiger partial charge on any atom is -0.508 e. The first-order valence-corrected chi connectivity index (χ1v) is 3.69. The van der Waals surface area contributed by atoms with Gasteiger partial charge in [0.05, 0.1) is 13.3 Å². The molecule has 0 amide bonds. The SMILES string of the molecule is [CH2+]CCC1C=CC(O)=CC1. The minimum absolute atomic E-state index is 0.403. The van der Waals surface area contributed by atoms with Crippen molar-refractivity contribution in [3.05, 3.63) is 30.9 Å². The molecule has 0 bridgehead atoms. The van der Waals surface area contributed by atoms with Gasteiger partial charge in [-0.15, -0.1) is 0 Å². The molecule has 1 rings (SSSR count). The molecule has 1 heteroatoms. The molecule has 0 aliphatic heterocycles. The van der Waals surface area contributed by atoms with Crippen molar-refractivity contribution in [2.45, 2.75) is 19.3 Å². The van der Waals surface area contributed by atoms with Crippen molar-refractivity contribution in [2.24, 2.45) is 5.92 Å². The summed E-state index contributed by atoms with van der Waals surface area (Å²) in [7, 11) is 0. The van der Waals surface area contributed by atoms with Crippen LogP contribution in [-0.2, 0) is 0 Å². The molecule has 0 spiro atoms. The predicted octanol–water partition coefficient (Wildman–Crippen LogP) is 2.62. The van der Waals surface area contributed by atoms with Crippen molar-refractivity contribution in [1.82, 2.24) is 0 Å². The largest absolute Gasteiger partial charge is 0.508 e. The van der Waals surface area contributed by atoms with E-state index in [1.54, 1.807) is 6.08 Å². The van der Waals surface area contributed by atoms with Gasteiger partial charge in [-0.2, -0.15) is 0 Å². The summed E-state index contributed by atoms with van der Waals surface area (Å²) in [6.07, 6.45) is 8.76. The molecule has 54 valence electrons. The van der Waals surface area contributed by atoms with E-state index < -0.39 is 0 Å². The number of allylic oxidation sites excluding steroid dienone is 3. The molecule has 1 N–H and O–H groups in total. The molecule has 1 unspecified atom stereocenters. The van der Waals surface area contributed by atoms with Gasteiger partial charge in [-0.05, 0) is 30.9 Å². The first kappa shape index (κ1) is 7.26. The van der Waals surface area contributed by atoms with Gasteiger partial charge in [0.2, 0.25) is 0 Å². The fraction of sp³-hybridized carbons (Fsp3) is 0.444. The molecule has 0 heterocycles. The van der Waals surface area contributed by atoms with Crippen molar-refractivity contribution >= 4 is 0 Å². The van der Waals surface area contributed by atoms with Crippen LogP contribution < -0.4 is 0 Å². The van der Waals surface area contributed by atoms with Crippen molar-refractivity contribution in [1.29, 1.82) is 0 Å². The second-order valence-corrected chi connectivity index (χ2v) is 2.63. The van der Waals surface area contributed by atoms with E-state index in [0.717, 1.165) is 19.3 Å². The Bertz CT molecular complexity index is 156. The Morgan fingerprint density at radius 2 is 2.50 bits per heavy atom. The summed E-state index contributed by atoms with van der Waals surface area (Å²) < 4.78 is 0. The summed E-state index contributed by atoms with van der Waals surface area (Å²) in [6.45, 7) is 3.78. The maximum atomic E-state index is 8.95. The molecule has 0 aromatic rings. The zero-order valence-corrected chi connectivity index (χ0v) is 6.09. The van der Waals surface area contributed by atoms with Gasteiger partial charge < -0.3 is 5.11 Å². The molecular weight excluding hydrogens is 124 g/mol. The molecule has 10 heavy (non-hydrogen) atoms. The Morgan fingerprint density at radius 1 is 1.70 bits per heavy atom. The van der Waals surface area contributed by atoms with Gasteiger partial charge in [0.25, 0.3) is 0 Å². The van der Waals surface area contributed by atoms with E-state index in [2.05, 4.69) is 13.0 Å². The molecule has 0 radical (unpaired) electrons. The van der Waals surface area contributed by atoms with Crippen LogP contribution in [0.5, 0.6) is 0 Å². The lowest BCUT2D eigenvalue weighted by atomic mass is 9.96. The molecule has 0 fully saturated rings. The zero-order valence-electron chi connectivity index (χ0n) is 6.09. The highest BCUT2D eigenvalue weighted by Gasteiger charge is 2.07. The van der Waals surface area contributed by atoms with Gasteiger partial charge in [-0.1, -0.05) is 6.08 Å². The van der Waals surface area contributed by atoms with E-state index >= 15 is 0 Å². The summed E-state index contributed by atoms with van der Waals surface area (Å²) in [5, 5.41) is 8.95. The highest BCUT2D eigenvalue weighted by molar-refractivity contribution is 5.16. The lowest BCUT2D eigenvalue weighted by Gasteiger charge is -2.10. The van der Waals surface area contributed by atoms with Crippen molar-refractivity contribution in [2.75, 3.05) is 0 Å². The maximum Gasteiger partial charge on any atom is 0.111 e. The molecule has 0 aromatic heterocycles. The van der Waals surface area contributed by atoms with Gasteiger partial charge in [0, 0.05) is 0 Å². The van der Waals surface area contributed by atoms with Crippen LogP contribution in [0.3, 0.4) is 0 Å². The molecule has 1 aliphatic carbocycles. The van der Waals surface area contributed by atoms with Crippen LogP contribution >= 0.6 is 0 Å². The summed E-state index contributed by atoms with van der Waals surface area (Å²) in [6, 6.07) is 0. The third kappa shape index (κ3) is 1.83. The van der Waals surface area contributed by atoms with E-state index in [1.807, 2.05) is 6.08 Å². The Morgan fingerprint density at radius 3 is 3.00 bits per heavy atom. The molecule has 0 saturated carbocycles. The second kappa shape index (κ2) is 3.35. The summed E-state index contributed by atoms with van der Waals surface area (Å²) in [4.78, 5) is 0. The Balaban J connectivity index is 2.37. The summed E-state index contributed by atoms with van der Waals surface area (Å²) in [5.41, 5.74) is 0. The number of hydrogen-bond donors (Lipinski definition) is 1. The average molecular weight is 137 g/mol. The van der Waals surface area contributed by atoms with Crippen LogP contribution in [-0.4, -0.2) is 5.11 Å². The Kier molecular flexibility index (Phi) is 2.43. The smallest absolute Gasteiger partial charge is 0.111 e. The van der Waals surface area contributed by atoms with Crippen molar-refractivity contribution in [3.8, 4) is 0 Å². The average Bonchev–Trinajstić information content (AvgIpc) is 1.95. The number of aliphatic hydroxyl groups excluding tert-OH is 1. The fourth-order valence-corrected chi connectivity index (χ4v) is 1.13. The van der Waals surface area contributed by atoms with E-state index in [-0.39, 0.29) is 0 Å². The lowest BCUT2D eigenvalue weighted by Crippen LogP contribution is -1.98. The zero-order chi connectivity index (χ0) is 7.40. The maximum absolute atomic E-state index is 8.95. The van der Waals surface area contributed by atoms with Gasteiger partial charge >= 0.3 is 0 Å². The van der Waals surface area contributed by atoms with Crippen LogP contribution in [0.25, 0.3) is 0 Å². The second-order valence-electron chi connectivity index (χ2n) is 2.63. The van der Waals surface area contributed by atoms with Crippen LogP contribution in [0.2, 0.25) is 0 Å². The van der Waals surface area contributed by atoms with Crippen molar-refractivity contribution in [3.63, 3.8) is 0 Å². The number of rotatable bonds is 2. The highest BCUT2D eigenvalue weighted by Crippen LogP contribution is 2.18. The Hall–Kier alpha value is -0.850. The fourth-order valence-electron chi connectivity index (χ4n) is 1.13. The predicted molar refractivity (Wildman–Crippen MR) is 42.5 cm³/mol. The van der Waals surface area contributed by atoms with Gasteiger partial charge in [0.15, 0.2) is 0 Å². The van der Waals surface area contributed by atoms with E-state index in [4.69, 9.17) is 5.11 Å². The number of hydrogen-bond acceptors (Lipinski definition) is 1. The van der Waals surface area contributed by atoms with Crippen molar-refractivity contribution < 1.29 is 5.11 Å². The summed E-state index contributed by atoms with van der Waals surface area (Å²) in [5.74, 6) is 1.01. The normalized spacial score (nSPS) is 24.4. The molecule has 0 saturated heterocycles. The first-order chi connectivity index (χ1) is 4.83. The van der Waals surface area contributed by atoms with Gasteiger partial charge in [0.1, 0.15) is 5.76 Å². The topological polar surface area (TPSA) is 20.2 Å². The molecule has 1 nitrogen and oxygen atoms in total. The standard InChI is InChI=1S/C9H12O/c1-2-3-8-4-6-9(10)7-5-8/h4,6-8H,1-3,5H2/p+1. The van der Waals surface area contributed by atoms with Gasteiger partial charge in [-0.3, -0.25) is 0 Å². The first-order valence-electron chi connectivity index (χ1n) is 3.69. The quantitative estimate of drug-likeness (QED) is 0.580. The highest BCUT2D eigenvalue weighted by atomic mass is 16.3. The molecule has 1 aliphatic rings. The van der Waals surface area contributed by atoms with Gasteiger partial charge in [-0.25, -0.2) is 0 Å². The minimum atomic E-state index is 0.403. The lowest BCUT2D eigenvalue weighted by molar-refractivity contribution is 0.419. The van der Waals surface area contributed by atoms with E-state index in [9.17, 15) is 0 Å². The third-order valence-corrected chi connectivity index (χ3v) is 1.74. The van der Waals surface area contributed by atoms with Crippen LogP contribution in [0.1, 0.15) is 19.3 Å². The van der Waals surface area contributed by atoms with E-state index in [1.165, 1.54) is 0 Å². The molecule has 0 aromatic carbocycles. The summed E-state index contributed by atoms with van der Waals surface area (Å²) >= 11 is 0. The van der Waals surface area contributed by atoms with Crippen LogP contribution in [0.15, 0.2) is 24.0 Å². The Labute approximate surface area is 62.1 Å². The molecule has 1 atom stereocenters. The van der Waals surface area contributed by atoms with Crippen LogP contribution in [0, 0.1) is 12.8 Å². The van der Waals surface area contributed by atoms with E-state index in [0.29, 0.717) is 11.7 Å². The monoisotopic (exact) mass is 137 g/mol.